The zero-order chi connectivity index (χ0) is 12.0. The molecule has 16 heavy (non-hydrogen) atoms. The molecule has 1 aromatic rings. The Balaban J connectivity index is 2.37. The first-order valence-corrected chi connectivity index (χ1v) is 5.54. The zero-order valence-electron chi connectivity index (χ0n) is 10.1. The lowest BCUT2D eigenvalue weighted by atomic mass is 10.1. The third-order valence-corrected chi connectivity index (χ3v) is 2.21. The lowest BCUT2D eigenvalue weighted by Crippen LogP contribution is -2.27. The van der Waals surface area contributed by atoms with Gasteiger partial charge in [-0.1, -0.05) is 38.1 Å². The molecule has 1 N–H and O–H groups in total. The van der Waals surface area contributed by atoms with Crippen molar-refractivity contribution in [2.24, 2.45) is 5.92 Å². The molecule has 0 aliphatic heterocycles. The number of hydrogen-bond acceptors (Lipinski definition) is 2. The van der Waals surface area contributed by atoms with Gasteiger partial charge >= 0.3 is 0 Å². The van der Waals surface area contributed by atoms with Crippen molar-refractivity contribution in [3.05, 3.63) is 35.4 Å². The molecule has 0 fully saturated rings. The fraction of sp³-hybridized carbons (Fsp3) is 0.462. The summed E-state index contributed by atoms with van der Waals surface area (Å²) < 4.78 is 0. The second kappa shape index (κ2) is 6.28. The van der Waals surface area contributed by atoms with Crippen molar-refractivity contribution in [2.75, 3.05) is 6.61 Å². The van der Waals surface area contributed by atoms with Gasteiger partial charge in [0.05, 0.1) is 13.0 Å². The molecule has 0 atom stereocenters. The second-order valence-electron chi connectivity index (χ2n) is 4.33. The van der Waals surface area contributed by atoms with Crippen LogP contribution in [0.3, 0.4) is 0 Å². The Morgan fingerprint density at radius 3 is 2.69 bits per heavy atom. The predicted molar refractivity (Wildman–Crippen MR) is 63.8 cm³/mol. The second-order valence-corrected chi connectivity index (χ2v) is 4.33. The van der Waals surface area contributed by atoms with E-state index in [2.05, 4.69) is 5.48 Å². The van der Waals surface area contributed by atoms with E-state index >= 15 is 0 Å². The summed E-state index contributed by atoms with van der Waals surface area (Å²) in [5, 5.41) is 0. The van der Waals surface area contributed by atoms with Crippen LogP contribution in [0.2, 0.25) is 0 Å². The van der Waals surface area contributed by atoms with Crippen LogP contribution in [0.1, 0.15) is 25.0 Å². The Labute approximate surface area is 96.8 Å². The van der Waals surface area contributed by atoms with Gasteiger partial charge in [-0.05, 0) is 24.0 Å². The monoisotopic (exact) mass is 221 g/mol. The molecule has 1 rings (SSSR count). The number of aryl methyl sites for hydroxylation is 1. The third-order valence-electron chi connectivity index (χ3n) is 2.21. The molecule has 0 saturated carbocycles. The minimum atomic E-state index is -0.102. The van der Waals surface area contributed by atoms with Gasteiger partial charge < -0.3 is 0 Å². The van der Waals surface area contributed by atoms with Crippen molar-refractivity contribution in [1.29, 1.82) is 0 Å². The molecule has 1 amide bonds. The number of hydroxylamine groups is 1. The van der Waals surface area contributed by atoms with Crippen LogP contribution in [-0.2, 0) is 16.1 Å². The SMILES string of the molecule is Cc1ccccc1CC(=O)NOCC(C)C. The largest absolute Gasteiger partial charge is 0.273 e. The minimum absolute atomic E-state index is 0.102. The lowest BCUT2D eigenvalue weighted by Gasteiger charge is -2.08. The van der Waals surface area contributed by atoms with E-state index < -0.39 is 0 Å². The number of carbonyl (C=O) groups excluding carboxylic acids is 1. The molecule has 0 unspecified atom stereocenters. The molecule has 0 saturated heterocycles. The molecule has 0 radical (unpaired) electrons. The summed E-state index contributed by atoms with van der Waals surface area (Å²) in [5.41, 5.74) is 4.61. The fourth-order valence-electron chi connectivity index (χ4n) is 1.31. The number of rotatable bonds is 5. The summed E-state index contributed by atoms with van der Waals surface area (Å²) in [6.45, 7) is 6.61. The van der Waals surface area contributed by atoms with Gasteiger partial charge in [0.1, 0.15) is 0 Å². The zero-order valence-corrected chi connectivity index (χ0v) is 10.1. The summed E-state index contributed by atoms with van der Waals surface area (Å²) in [5.74, 6) is 0.314. The van der Waals surface area contributed by atoms with Crippen LogP contribution in [0.4, 0.5) is 0 Å². The van der Waals surface area contributed by atoms with Crippen LogP contribution >= 0.6 is 0 Å². The maximum atomic E-state index is 11.5. The highest BCUT2D eigenvalue weighted by Gasteiger charge is 2.05. The van der Waals surface area contributed by atoms with Crippen LogP contribution in [0.25, 0.3) is 0 Å². The Kier molecular flexibility index (Phi) is 4.99. The molecule has 3 nitrogen and oxygen atoms in total. The smallest absolute Gasteiger partial charge is 0.247 e. The number of carbonyl (C=O) groups is 1. The molecular weight excluding hydrogens is 202 g/mol. The van der Waals surface area contributed by atoms with E-state index in [4.69, 9.17) is 4.84 Å². The Bertz CT molecular complexity index is 348. The van der Waals surface area contributed by atoms with Crippen LogP contribution in [0, 0.1) is 12.8 Å². The van der Waals surface area contributed by atoms with E-state index in [0.717, 1.165) is 11.1 Å². The van der Waals surface area contributed by atoms with E-state index in [1.807, 2.05) is 45.0 Å². The number of amides is 1. The fourth-order valence-corrected chi connectivity index (χ4v) is 1.31. The quantitative estimate of drug-likeness (QED) is 0.774. The van der Waals surface area contributed by atoms with Crippen molar-refractivity contribution in [1.82, 2.24) is 5.48 Å². The average Bonchev–Trinajstić information content (AvgIpc) is 2.21. The van der Waals surface area contributed by atoms with Gasteiger partial charge in [-0.2, -0.15) is 0 Å². The molecule has 3 heteroatoms. The Morgan fingerprint density at radius 2 is 2.06 bits per heavy atom. The van der Waals surface area contributed by atoms with Gasteiger partial charge in [-0.15, -0.1) is 0 Å². The standard InChI is InChI=1S/C13H19NO2/c1-10(2)9-16-14-13(15)8-12-7-5-4-6-11(12)3/h4-7,10H,8-9H2,1-3H3,(H,14,15). The van der Waals surface area contributed by atoms with Gasteiger partial charge in [0, 0.05) is 0 Å². The molecule has 0 heterocycles. The minimum Gasteiger partial charge on any atom is -0.273 e. The summed E-state index contributed by atoms with van der Waals surface area (Å²) in [7, 11) is 0. The molecule has 0 aromatic heterocycles. The molecule has 0 aliphatic carbocycles. The third kappa shape index (κ3) is 4.45. The summed E-state index contributed by atoms with van der Waals surface area (Å²) >= 11 is 0. The van der Waals surface area contributed by atoms with Crippen molar-refractivity contribution in [3.8, 4) is 0 Å². The predicted octanol–water partition coefficient (Wildman–Crippen LogP) is 2.24. The molecule has 88 valence electrons. The average molecular weight is 221 g/mol. The maximum Gasteiger partial charge on any atom is 0.247 e. The van der Waals surface area contributed by atoms with Crippen molar-refractivity contribution < 1.29 is 9.63 Å². The van der Waals surface area contributed by atoms with Crippen molar-refractivity contribution >= 4 is 5.91 Å². The Hall–Kier alpha value is -1.35. The van der Waals surface area contributed by atoms with Crippen molar-refractivity contribution in [3.63, 3.8) is 0 Å². The normalized spacial score (nSPS) is 10.5. The summed E-state index contributed by atoms with van der Waals surface area (Å²) in [6.07, 6.45) is 0.366. The molecule has 1 aromatic carbocycles. The molecular formula is C13H19NO2. The summed E-state index contributed by atoms with van der Waals surface area (Å²) in [6, 6.07) is 7.85. The van der Waals surface area contributed by atoms with Crippen LogP contribution in [0.15, 0.2) is 24.3 Å². The van der Waals surface area contributed by atoms with E-state index in [0.29, 0.717) is 18.9 Å². The number of benzene rings is 1. The van der Waals surface area contributed by atoms with Crippen LogP contribution in [0.5, 0.6) is 0 Å². The van der Waals surface area contributed by atoms with Gasteiger partial charge in [0.15, 0.2) is 0 Å². The van der Waals surface area contributed by atoms with E-state index in [9.17, 15) is 4.79 Å². The number of nitrogens with one attached hydrogen (secondary N) is 1. The Morgan fingerprint density at radius 1 is 1.38 bits per heavy atom. The topological polar surface area (TPSA) is 38.3 Å². The maximum absolute atomic E-state index is 11.5. The lowest BCUT2D eigenvalue weighted by molar-refractivity contribution is -0.133. The first-order chi connectivity index (χ1) is 7.59. The highest BCUT2D eigenvalue weighted by atomic mass is 16.6. The number of hydrogen-bond donors (Lipinski definition) is 1. The van der Waals surface area contributed by atoms with Gasteiger partial charge in [-0.25, -0.2) is 5.48 Å². The van der Waals surface area contributed by atoms with E-state index in [1.165, 1.54) is 0 Å². The highest BCUT2D eigenvalue weighted by Crippen LogP contribution is 2.07. The molecule has 0 aliphatic rings. The molecule has 0 bridgehead atoms. The van der Waals surface area contributed by atoms with Crippen LogP contribution in [-0.4, -0.2) is 12.5 Å². The first kappa shape index (κ1) is 12.7. The highest BCUT2D eigenvalue weighted by molar-refractivity contribution is 5.77. The van der Waals surface area contributed by atoms with Gasteiger partial charge in [0.2, 0.25) is 5.91 Å². The van der Waals surface area contributed by atoms with E-state index in [-0.39, 0.29) is 5.91 Å². The molecule has 0 spiro atoms. The van der Waals surface area contributed by atoms with Gasteiger partial charge in [-0.3, -0.25) is 9.63 Å². The first-order valence-electron chi connectivity index (χ1n) is 5.54. The van der Waals surface area contributed by atoms with Crippen LogP contribution < -0.4 is 5.48 Å². The summed E-state index contributed by atoms with van der Waals surface area (Å²) in [4.78, 5) is 16.6. The van der Waals surface area contributed by atoms with Gasteiger partial charge in [0.25, 0.3) is 0 Å². The van der Waals surface area contributed by atoms with E-state index in [1.54, 1.807) is 0 Å². The van der Waals surface area contributed by atoms with Crippen molar-refractivity contribution in [2.45, 2.75) is 27.2 Å².